The normalized spacial score (nSPS) is 12.8. The summed E-state index contributed by atoms with van der Waals surface area (Å²) < 4.78 is 10.1. The zero-order valence-corrected chi connectivity index (χ0v) is 9.72. The highest BCUT2D eigenvalue weighted by Gasteiger charge is 2.06. The molecule has 2 heterocycles. The largest absolute Gasteiger partial charge is 0.464 e. The van der Waals surface area contributed by atoms with E-state index >= 15 is 0 Å². The first-order chi connectivity index (χ1) is 8.31. The van der Waals surface area contributed by atoms with Crippen molar-refractivity contribution in [1.82, 2.24) is 4.98 Å². The van der Waals surface area contributed by atoms with Gasteiger partial charge in [0, 0.05) is 19.9 Å². The van der Waals surface area contributed by atoms with Gasteiger partial charge in [0.05, 0.1) is 24.4 Å². The van der Waals surface area contributed by atoms with E-state index in [2.05, 4.69) is 10.3 Å². The molecule has 2 aromatic heterocycles. The van der Waals surface area contributed by atoms with E-state index in [-0.39, 0.29) is 0 Å². The summed E-state index contributed by atoms with van der Waals surface area (Å²) in [4.78, 5) is 4.24. The number of nitrogens with one attached hydrogen (secondary N) is 1. The van der Waals surface area contributed by atoms with Gasteiger partial charge in [0.25, 0.3) is 0 Å². The second kappa shape index (κ2) is 5.65. The number of nitrogens with zero attached hydrogens (tertiary/aromatic N) is 1. The Hall–Kier alpha value is -1.59. The fourth-order valence-corrected chi connectivity index (χ4v) is 1.67. The maximum absolute atomic E-state index is 9.50. The van der Waals surface area contributed by atoms with Crippen LogP contribution in [-0.2, 0) is 4.74 Å². The molecule has 0 amide bonds. The zero-order valence-electron chi connectivity index (χ0n) is 9.72. The topological polar surface area (TPSA) is 67.5 Å². The van der Waals surface area contributed by atoms with Crippen LogP contribution in [0, 0.1) is 0 Å². The molecule has 2 aromatic rings. The van der Waals surface area contributed by atoms with E-state index in [0.29, 0.717) is 19.6 Å². The molecule has 0 radical (unpaired) electrons. The third-order valence-electron chi connectivity index (χ3n) is 2.51. The summed E-state index contributed by atoms with van der Waals surface area (Å²) >= 11 is 0. The van der Waals surface area contributed by atoms with Crippen LogP contribution in [0.1, 0.15) is 6.42 Å². The van der Waals surface area contributed by atoms with E-state index in [9.17, 15) is 5.11 Å². The molecule has 0 aromatic carbocycles. The Morgan fingerprint density at radius 2 is 2.41 bits per heavy atom. The Bertz CT molecular complexity index is 469. The number of furan rings is 1. The second-order valence-corrected chi connectivity index (χ2v) is 3.82. The maximum Gasteiger partial charge on any atom is 0.139 e. The molecule has 0 aliphatic rings. The fourth-order valence-electron chi connectivity index (χ4n) is 1.67. The van der Waals surface area contributed by atoms with Crippen molar-refractivity contribution in [2.75, 3.05) is 25.6 Å². The lowest BCUT2D eigenvalue weighted by molar-refractivity contribution is 0.0615. The quantitative estimate of drug-likeness (QED) is 0.798. The summed E-state index contributed by atoms with van der Waals surface area (Å²) in [5.74, 6) is 0.779. The summed E-state index contributed by atoms with van der Waals surface area (Å²) in [6.45, 7) is 0.993. The molecule has 1 atom stereocenters. The minimum absolute atomic E-state index is 0.352. The predicted octanol–water partition coefficient (Wildman–Crippen LogP) is 1.64. The van der Waals surface area contributed by atoms with Crippen LogP contribution in [-0.4, -0.2) is 36.5 Å². The van der Waals surface area contributed by atoms with Crippen LogP contribution in [0.2, 0.25) is 0 Å². The van der Waals surface area contributed by atoms with Crippen molar-refractivity contribution in [2.24, 2.45) is 0 Å². The third-order valence-corrected chi connectivity index (χ3v) is 2.51. The molecule has 1 unspecified atom stereocenters. The minimum atomic E-state index is -0.448. The number of rotatable bonds is 6. The summed E-state index contributed by atoms with van der Waals surface area (Å²) in [5, 5.41) is 13.6. The molecule has 5 heteroatoms. The Kier molecular flexibility index (Phi) is 3.95. The van der Waals surface area contributed by atoms with Crippen LogP contribution >= 0.6 is 0 Å². The molecular weight excluding hydrogens is 220 g/mol. The molecular formula is C12H16N2O3. The van der Waals surface area contributed by atoms with Crippen LogP contribution < -0.4 is 5.32 Å². The summed E-state index contributed by atoms with van der Waals surface area (Å²) in [7, 11) is 1.57. The lowest BCUT2D eigenvalue weighted by Gasteiger charge is -2.10. The number of pyridine rings is 1. The molecule has 0 aliphatic heterocycles. The van der Waals surface area contributed by atoms with Gasteiger partial charge in [0.2, 0.25) is 0 Å². The molecule has 2 N–H and O–H groups in total. The van der Waals surface area contributed by atoms with Crippen molar-refractivity contribution in [3.05, 3.63) is 24.6 Å². The third kappa shape index (κ3) is 2.95. The fraction of sp³-hybridized carbons (Fsp3) is 0.417. The number of anilines is 1. The van der Waals surface area contributed by atoms with Gasteiger partial charge in [-0.3, -0.25) is 0 Å². The van der Waals surface area contributed by atoms with Crippen molar-refractivity contribution in [3.8, 4) is 0 Å². The predicted molar refractivity (Wildman–Crippen MR) is 65.0 cm³/mol. The van der Waals surface area contributed by atoms with Crippen LogP contribution in [0.5, 0.6) is 0 Å². The molecule has 0 saturated heterocycles. The second-order valence-electron chi connectivity index (χ2n) is 3.82. The van der Waals surface area contributed by atoms with Crippen LogP contribution in [0.15, 0.2) is 29.0 Å². The average Bonchev–Trinajstić information content (AvgIpc) is 2.78. The Morgan fingerprint density at radius 1 is 1.53 bits per heavy atom. The van der Waals surface area contributed by atoms with E-state index in [0.717, 1.165) is 16.8 Å². The minimum Gasteiger partial charge on any atom is -0.464 e. The van der Waals surface area contributed by atoms with Crippen molar-refractivity contribution in [2.45, 2.75) is 12.5 Å². The number of aromatic nitrogens is 1. The van der Waals surface area contributed by atoms with E-state index in [4.69, 9.17) is 9.15 Å². The van der Waals surface area contributed by atoms with Gasteiger partial charge >= 0.3 is 0 Å². The monoisotopic (exact) mass is 236 g/mol. The number of fused-ring (bicyclic) bond motifs is 1. The van der Waals surface area contributed by atoms with Gasteiger partial charge in [-0.05, 0) is 18.6 Å². The molecule has 0 aliphatic carbocycles. The van der Waals surface area contributed by atoms with Gasteiger partial charge in [-0.15, -0.1) is 0 Å². The first kappa shape index (κ1) is 11.9. The molecule has 17 heavy (non-hydrogen) atoms. The van der Waals surface area contributed by atoms with Crippen molar-refractivity contribution < 1.29 is 14.3 Å². The SMILES string of the molecule is COCC(O)CCNc1nccc2occc12. The van der Waals surface area contributed by atoms with E-state index in [1.807, 2.05) is 12.1 Å². The van der Waals surface area contributed by atoms with Gasteiger partial charge in [0.1, 0.15) is 11.4 Å². The maximum atomic E-state index is 9.50. The average molecular weight is 236 g/mol. The number of methoxy groups -OCH3 is 1. The van der Waals surface area contributed by atoms with Crippen molar-refractivity contribution >= 4 is 16.8 Å². The summed E-state index contributed by atoms with van der Waals surface area (Å²) in [6, 6.07) is 3.69. The van der Waals surface area contributed by atoms with Gasteiger partial charge in [-0.2, -0.15) is 0 Å². The number of aliphatic hydroxyl groups is 1. The number of hydrogen-bond acceptors (Lipinski definition) is 5. The number of hydrogen-bond donors (Lipinski definition) is 2. The summed E-state index contributed by atoms with van der Waals surface area (Å²) in [6.07, 6.45) is 3.50. The summed E-state index contributed by atoms with van der Waals surface area (Å²) in [5.41, 5.74) is 0.805. The molecule has 0 fully saturated rings. The van der Waals surface area contributed by atoms with Gasteiger partial charge in [0.15, 0.2) is 0 Å². The lowest BCUT2D eigenvalue weighted by atomic mass is 10.2. The molecule has 0 spiro atoms. The van der Waals surface area contributed by atoms with E-state index in [1.165, 1.54) is 0 Å². The first-order valence-electron chi connectivity index (χ1n) is 5.54. The molecule has 0 saturated carbocycles. The molecule has 0 bridgehead atoms. The van der Waals surface area contributed by atoms with Crippen LogP contribution in [0.25, 0.3) is 11.0 Å². The highest BCUT2D eigenvalue weighted by atomic mass is 16.5. The van der Waals surface area contributed by atoms with Crippen molar-refractivity contribution in [1.29, 1.82) is 0 Å². The van der Waals surface area contributed by atoms with Gasteiger partial charge in [-0.1, -0.05) is 0 Å². The van der Waals surface area contributed by atoms with E-state index in [1.54, 1.807) is 19.6 Å². The Morgan fingerprint density at radius 3 is 3.24 bits per heavy atom. The zero-order chi connectivity index (χ0) is 12.1. The Balaban J connectivity index is 1.92. The molecule has 92 valence electrons. The van der Waals surface area contributed by atoms with Crippen LogP contribution in [0.4, 0.5) is 5.82 Å². The highest BCUT2D eigenvalue weighted by Crippen LogP contribution is 2.21. The highest BCUT2D eigenvalue weighted by molar-refractivity contribution is 5.87. The van der Waals surface area contributed by atoms with Gasteiger partial charge < -0.3 is 19.6 Å². The van der Waals surface area contributed by atoms with Crippen LogP contribution in [0.3, 0.4) is 0 Å². The van der Waals surface area contributed by atoms with Crippen molar-refractivity contribution in [3.63, 3.8) is 0 Å². The lowest BCUT2D eigenvalue weighted by Crippen LogP contribution is -2.18. The number of aliphatic hydroxyl groups excluding tert-OH is 1. The smallest absolute Gasteiger partial charge is 0.139 e. The Labute approximate surface area is 99.4 Å². The first-order valence-corrected chi connectivity index (χ1v) is 5.54. The van der Waals surface area contributed by atoms with Gasteiger partial charge in [-0.25, -0.2) is 4.98 Å². The molecule has 2 rings (SSSR count). The van der Waals surface area contributed by atoms with E-state index < -0.39 is 6.10 Å². The standard InChI is InChI=1S/C12H16N2O3/c1-16-8-9(15)2-5-13-12-10-4-7-17-11(10)3-6-14-12/h3-4,6-7,9,15H,2,5,8H2,1H3,(H,13,14). The molecule has 5 nitrogen and oxygen atoms in total. The number of ether oxygens (including phenoxy) is 1.